The van der Waals surface area contributed by atoms with Gasteiger partial charge in [0, 0.05) is 0 Å². The van der Waals surface area contributed by atoms with E-state index in [2.05, 4.69) is 17.4 Å². The number of nitrogens with zero attached hydrogens (tertiary/aromatic N) is 1. The third-order valence-electron chi connectivity index (χ3n) is 4.71. The van der Waals surface area contributed by atoms with Crippen LogP contribution in [0.25, 0.3) is 0 Å². The molecule has 2 rings (SSSR count). The molecule has 0 saturated carbocycles. The van der Waals surface area contributed by atoms with Crippen molar-refractivity contribution < 1.29 is 19.1 Å². The second kappa shape index (κ2) is 10.8. The van der Waals surface area contributed by atoms with Gasteiger partial charge in [-0.2, -0.15) is 0 Å². The van der Waals surface area contributed by atoms with E-state index in [1.807, 2.05) is 39.0 Å². The third kappa shape index (κ3) is 6.99. The van der Waals surface area contributed by atoms with Crippen LogP contribution < -0.4 is 9.78 Å². The third-order valence-corrected chi connectivity index (χ3v) is 6.90. The van der Waals surface area contributed by atoms with Crippen molar-refractivity contribution in [2.24, 2.45) is 0 Å². The van der Waals surface area contributed by atoms with Crippen LogP contribution in [-0.2, 0) is 19.1 Å². The Bertz CT molecular complexity index is 786. The molecule has 30 heavy (non-hydrogen) atoms. The van der Waals surface area contributed by atoms with Crippen molar-refractivity contribution in [2.75, 3.05) is 0 Å². The molecular weight excluding hydrogens is 447 g/mol. The number of hydrogen-bond acceptors (Lipinski definition) is 4. The summed E-state index contributed by atoms with van der Waals surface area (Å²) in [5, 5.41) is 3.57. The molecule has 1 aromatic rings. The fourth-order valence-corrected chi connectivity index (χ4v) is 5.53. The topological polar surface area (TPSA) is 75.7 Å². The predicted molar refractivity (Wildman–Crippen MR) is 118 cm³/mol. The van der Waals surface area contributed by atoms with Gasteiger partial charge in [-0.05, 0) is 0 Å². The van der Waals surface area contributed by atoms with Gasteiger partial charge in [0.25, 0.3) is 0 Å². The zero-order valence-electron chi connectivity index (χ0n) is 18.4. The maximum atomic E-state index is 13.3. The standard InChI is InChI=1S/C23H32N2O4Se/c1-6-19(24-16(2)26)21(27)25-17(14-15-30-18-10-8-7-9-11-18)12-13-20(25)22(28)29-23(3,4)5/h6-11,17,20H,12-15H2,1-5H3,(H,24,26)/t17-,20+/m1/s1. The SMILES string of the molecule is CC=C(NC(C)=O)C(=O)N1[C@@H](CC[Se]c2ccccc2)CC[C@H]1C(=O)OC(C)(C)C. The van der Waals surface area contributed by atoms with Crippen LogP contribution in [0, 0.1) is 0 Å². The summed E-state index contributed by atoms with van der Waals surface area (Å²) in [5.74, 6) is -1.02. The number of nitrogens with one attached hydrogen (secondary N) is 1. The van der Waals surface area contributed by atoms with Gasteiger partial charge in [-0.3, -0.25) is 0 Å². The van der Waals surface area contributed by atoms with E-state index < -0.39 is 11.6 Å². The summed E-state index contributed by atoms with van der Waals surface area (Å²) in [6.45, 7) is 8.53. The number of allylic oxidation sites excluding steroid dienone is 1. The van der Waals surface area contributed by atoms with Crippen LogP contribution in [0.2, 0.25) is 5.32 Å². The minimum atomic E-state index is -0.630. The molecule has 7 heteroatoms. The molecule has 2 amide bonds. The van der Waals surface area contributed by atoms with Gasteiger partial charge >= 0.3 is 186 Å². The summed E-state index contributed by atoms with van der Waals surface area (Å²) in [4.78, 5) is 39.3. The maximum absolute atomic E-state index is 13.3. The van der Waals surface area contributed by atoms with Gasteiger partial charge in [0.2, 0.25) is 0 Å². The summed E-state index contributed by atoms with van der Waals surface area (Å²) >= 11 is 0.307. The first-order valence-electron chi connectivity index (χ1n) is 10.3. The van der Waals surface area contributed by atoms with Crippen molar-refractivity contribution in [1.82, 2.24) is 10.2 Å². The summed E-state index contributed by atoms with van der Waals surface area (Å²) in [5.41, 5.74) is -0.419. The van der Waals surface area contributed by atoms with Crippen molar-refractivity contribution in [3.8, 4) is 0 Å². The van der Waals surface area contributed by atoms with E-state index in [1.165, 1.54) is 11.4 Å². The molecule has 0 aliphatic carbocycles. The predicted octanol–water partition coefficient (Wildman–Crippen LogP) is 2.57. The summed E-state index contributed by atoms with van der Waals surface area (Å²) in [7, 11) is 0. The van der Waals surface area contributed by atoms with E-state index in [4.69, 9.17) is 4.74 Å². The van der Waals surface area contributed by atoms with Crippen LogP contribution in [0.5, 0.6) is 0 Å². The number of hydrogen-bond donors (Lipinski definition) is 1. The van der Waals surface area contributed by atoms with E-state index in [0.29, 0.717) is 21.4 Å². The van der Waals surface area contributed by atoms with E-state index in [9.17, 15) is 14.4 Å². The molecule has 164 valence electrons. The van der Waals surface area contributed by atoms with Crippen LogP contribution in [0.1, 0.15) is 53.9 Å². The molecule has 1 heterocycles. The van der Waals surface area contributed by atoms with Gasteiger partial charge in [-0.1, -0.05) is 0 Å². The normalized spacial score (nSPS) is 19.5. The minimum absolute atomic E-state index is 0.0516. The van der Waals surface area contributed by atoms with Gasteiger partial charge in [0.15, 0.2) is 0 Å². The second-order valence-electron chi connectivity index (χ2n) is 8.33. The van der Waals surface area contributed by atoms with Crippen LogP contribution in [-0.4, -0.2) is 55.3 Å². The van der Waals surface area contributed by atoms with Crippen LogP contribution in [0.15, 0.2) is 42.1 Å². The number of rotatable bonds is 7. The molecule has 1 aromatic carbocycles. The molecule has 0 aromatic heterocycles. The van der Waals surface area contributed by atoms with E-state index in [1.54, 1.807) is 17.9 Å². The van der Waals surface area contributed by atoms with Gasteiger partial charge < -0.3 is 0 Å². The molecule has 1 saturated heterocycles. The Morgan fingerprint density at radius 2 is 1.87 bits per heavy atom. The number of carbonyl (C=O) groups excluding carboxylic acids is 3. The molecule has 0 spiro atoms. The number of esters is 1. The fraction of sp³-hybridized carbons (Fsp3) is 0.522. The van der Waals surface area contributed by atoms with Crippen LogP contribution in [0.4, 0.5) is 0 Å². The molecule has 6 nitrogen and oxygen atoms in total. The second-order valence-corrected chi connectivity index (χ2v) is 10.8. The molecule has 0 bridgehead atoms. The average Bonchev–Trinajstić information content (AvgIpc) is 3.09. The van der Waals surface area contributed by atoms with Crippen LogP contribution >= 0.6 is 0 Å². The first kappa shape index (κ1) is 24.2. The van der Waals surface area contributed by atoms with Crippen molar-refractivity contribution in [3.63, 3.8) is 0 Å². The van der Waals surface area contributed by atoms with Crippen molar-refractivity contribution in [2.45, 2.75) is 76.9 Å². The molecule has 1 fully saturated rings. The Kier molecular flexibility index (Phi) is 8.68. The number of carbonyl (C=O) groups is 3. The van der Waals surface area contributed by atoms with Gasteiger partial charge in [-0.25, -0.2) is 0 Å². The van der Waals surface area contributed by atoms with E-state index in [-0.39, 0.29) is 29.5 Å². The summed E-state index contributed by atoms with van der Waals surface area (Å²) < 4.78 is 6.90. The monoisotopic (exact) mass is 480 g/mol. The molecule has 1 aliphatic rings. The quantitative estimate of drug-likeness (QED) is 0.371. The summed E-state index contributed by atoms with van der Waals surface area (Å²) in [6, 6.07) is 9.63. The van der Waals surface area contributed by atoms with Gasteiger partial charge in [0.1, 0.15) is 0 Å². The number of amides is 2. The van der Waals surface area contributed by atoms with Crippen molar-refractivity contribution >= 4 is 37.2 Å². The molecule has 0 radical (unpaired) electrons. The molecule has 1 aliphatic heterocycles. The number of benzene rings is 1. The molecule has 2 atom stereocenters. The molecular formula is C23H32N2O4Se. The molecule has 1 N–H and O–H groups in total. The Balaban J connectivity index is 2.17. The van der Waals surface area contributed by atoms with E-state index in [0.717, 1.165) is 18.2 Å². The Morgan fingerprint density at radius 1 is 1.20 bits per heavy atom. The zero-order chi connectivity index (χ0) is 22.3. The molecule has 0 unspecified atom stereocenters. The van der Waals surface area contributed by atoms with Crippen molar-refractivity contribution in [1.29, 1.82) is 0 Å². The zero-order valence-corrected chi connectivity index (χ0v) is 20.1. The number of ether oxygens (including phenoxy) is 1. The summed E-state index contributed by atoms with van der Waals surface area (Å²) in [6.07, 6.45) is 3.72. The first-order valence-corrected chi connectivity index (χ1v) is 12.4. The Labute approximate surface area is 185 Å². The van der Waals surface area contributed by atoms with E-state index >= 15 is 0 Å². The van der Waals surface area contributed by atoms with Gasteiger partial charge in [0.05, 0.1) is 0 Å². The Hall–Kier alpha value is -2.11. The average molecular weight is 479 g/mol. The van der Waals surface area contributed by atoms with Crippen LogP contribution in [0.3, 0.4) is 0 Å². The number of likely N-dealkylation sites (tertiary alicyclic amines) is 1. The fourth-order valence-electron chi connectivity index (χ4n) is 3.48. The Morgan fingerprint density at radius 3 is 2.43 bits per heavy atom. The van der Waals surface area contributed by atoms with Crippen molar-refractivity contribution in [3.05, 3.63) is 42.1 Å². The first-order chi connectivity index (χ1) is 14.1. The van der Waals surface area contributed by atoms with Gasteiger partial charge in [-0.15, -0.1) is 0 Å².